The van der Waals surface area contributed by atoms with E-state index in [0.29, 0.717) is 0 Å². The van der Waals surface area contributed by atoms with Crippen LogP contribution in [0.15, 0.2) is 121 Å². The van der Waals surface area contributed by atoms with Gasteiger partial charge in [0.05, 0.1) is 30.8 Å². The summed E-state index contributed by atoms with van der Waals surface area (Å²) in [6, 6.07) is 44.3. The molecule has 2 heterocycles. The van der Waals surface area contributed by atoms with Crippen molar-refractivity contribution in [1.82, 2.24) is 0 Å². The van der Waals surface area contributed by atoms with E-state index in [1.54, 1.807) is 0 Å². The van der Waals surface area contributed by atoms with Crippen LogP contribution in [0.4, 0.5) is 0 Å². The van der Waals surface area contributed by atoms with Gasteiger partial charge in [0.25, 0.3) is 0 Å². The molecule has 4 aromatic carbocycles. The van der Waals surface area contributed by atoms with Gasteiger partial charge in [-0.05, 0) is 35.1 Å². The zero-order chi connectivity index (χ0) is 22.8. The maximum atomic E-state index is 5.95. The fraction of sp³-hybridized carbons (Fsp3) is 0.250. The largest absolute Gasteiger partial charge is 0.373 e. The summed E-state index contributed by atoms with van der Waals surface area (Å²) in [5, 5.41) is 0. The first-order chi connectivity index (χ1) is 16.8. The number of hydrogen-bond donors (Lipinski definition) is 0. The molecule has 2 heteroatoms. The molecule has 0 aliphatic carbocycles. The number of hydrogen-bond acceptors (Lipinski definition) is 2. The summed E-state index contributed by atoms with van der Waals surface area (Å²) in [7, 11) is 0. The summed E-state index contributed by atoms with van der Waals surface area (Å²) < 4.78 is 11.9. The SMILES string of the molecule is c1ccc(C(CC2CO2)(CC2CO2)C(c2ccccc2)(c2ccccc2)c2ccccc2)cc1. The third-order valence-electron chi connectivity index (χ3n) is 7.62. The van der Waals surface area contributed by atoms with E-state index in [2.05, 4.69) is 121 Å². The van der Waals surface area contributed by atoms with Gasteiger partial charge in [-0.1, -0.05) is 121 Å². The van der Waals surface area contributed by atoms with Crippen molar-refractivity contribution in [1.29, 1.82) is 0 Å². The summed E-state index contributed by atoms with van der Waals surface area (Å²) in [6.45, 7) is 1.66. The first kappa shape index (κ1) is 21.3. The van der Waals surface area contributed by atoms with Crippen LogP contribution in [0, 0.1) is 0 Å². The Morgan fingerprint density at radius 1 is 0.471 bits per heavy atom. The molecule has 2 aliphatic rings. The lowest BCUT2D eigenvalue weighted by atomic mass is 9.48. The van der Waals surface area contributed by atoms with Gasteiger partial charge in [-0.2, -0.15) is 0 Å². The molecule has 4 aromatic rings. The molecule has 170 valence electrons. The van der Waals surface area contributed by atoms with Crippen molar-refractivity contribution in [2.75, 3.05) is 13.2 Å². The van der Waals surface area contributed by atoms with Gasteiger partial charge in [-0.25, -0.2) is 0 Å². The first-order valence-corrected chi connectivity index (χ1v) is 12.3. The second-order valence-electron chi connectivity index (χ2n) is 9.62. The van der Waals surface area contributed by atoms with E-state index in [0.717, 1.165) is 26.1 Å². The van der Waals surface area contributed by atoms with Crippen LogP contribution in [0.3, 0.4) is 0 Å². The Kier molecular flexibility index (Phi) is 5.57. The van der Waals surface area contributed by atoms with Crippen LogP contribution in [-0.4, -0.2) is 25.4 Å². The second-order valence-corrected chi connectivity index (χ2v) is 9.62. The van der Waals surface area contributed by atoms with Crippen molar-refractivity contribution in [3.05, 3.63) is 144 Å². The summed E-state index contributed by atoms with van der Waals surface area (Å²) in [5.74, 6) is 0. The zero-order valence-electron chi connectivity index (χ0n) is 19.3. The van der Waals surface area contributed by atoms with Crippen LogP contribution in [0.2, 0.25) is 0 Å². The summed E-state index contributed by atoms with van der Waals surface area (Å²) in [6.07, 6.45) is 2.40. The van der Waals surface area contributed by atoms with E-state index in [-0.39, 0.29) is 17.6 Å². The molecular weight excluding hydrogens is 416 g/mol. The van der Waals surface area contributed by atoms with Crippen molar-refractivity contribution in [3.8, 4) is 0 Å². The Balaban J connectivity index is 1.75. The monoisotopic (exact) mass is 446 g/mol. The number of rotatable bonds is 9. The highest BCUT2D eigenvalue weighted by Crippen LogP contribution is 2.59. The topological polar surface area (TPSA) is 25.1 Å². The average Bonchev–Trinajstić information content (AvgIpc) is 3.85. The Morgan fingerprint density at radius 2 is 0.765 bits per heavy atom. The molecule has 0 bridgehead atoms. The highest BCUT2D eigenvalue weighted by Gasteiger charge is 2.59. The molecule has 2 unspecified atom stereocenters. The van der Waals surface area contributed by atoms with Gasteiger partial charge in [0.2, 0.25) is 0 Å². The van der Waals surface area contributed by atoms with Gasteiger partial charge in [0.15, 0.2) is 0 Å². The molecule has 6 rings (SSSR count). The van der Waals surface area contributed by atoms with Crippen LogP contribution in [0.5, 0.6) is 0 Å². The highest BCUT2D eigenvalue weighted by molar-refractivity contribution is 5.58. The van der Waals surface area contributed by atoms with Crippen LogP contribution in [0.25, 0.3) is 0 Å². The smallest absolute Gasteiger partial charge is 0.0819 e. The third kappa shape index (κ3) is 3.68. The molecule has 0 saturated carbocycles. The highest BCUT2D eigenvalue weighted by atomic mass is 16.6. The van der Waals surface area contributed by atoms with Crippen LogP contribution in [-0.2, 0) is 20.3 Å². The van der Waals surface area contributed by atoms with E-state index in [1.165, 1.54) is 22.3 Å². The average molecular weight is 447 g/mol. The second kappa shape index (κ2) is 8.87. The Labute approximate surface area is 202 Å². The molecule has 2 atom stereocenters. The van der Waals surface area contributed by atoms with Gasteiger partial charge < -0.3 is 9.47 Å². The van der Waals surface area contributed by atoms with E-state index >= 15 is 0 Å². The standard InChI is InChI=1S/C32H30O2/c1-5-13-25(14-6-1)31(21-29-23-33-29,22-30-24-34-30)32(26-15-7-2-8-16-26,27-17-9-3-10-18-27)28-19-11-4-12-20-28/h1-20,29-30H,21-24H2. The Morgan fingerprint density at radius 3 is 1.06 bits per heavy atom. The Hall–Kier alpha value is -3.20. The predicted molar refractivity (Wildman–Crippen MR) is 136 cm³/mol. The van der Waals surface area contributed by atoms with E-state index in [9.17, 15) is 0 Å². The minimum absolute atomic E-state index is 0.259. The van der Waals surface area contributed by atoms with Crippen molar-refractivity contribution in [2.24, 2.45) is 0 Å². The first-order valence-electron chi connectivity index (χ1n) is 12.3. The molecule has 2 nitrogen and oxygen atoms in total. The van der Waals surface area contributed by atoms with Crippen molar-refractivity contribution in [2.45, 2.75) is 35.9 Å². The van der Waals surface area contributed by atoms with E-state index < -0.39 is 5.41 Å². The van der Waals surface area contributed by atoms with Crippen LogP contribution in [0.1, 0.15) is 35.1 Å². The molecule has 0 radical (unpaired) electrons. The molecule has 2 aliphatic heterocycles. The number of epoxide rings is 2. The number of benzene rings is 4. The number of ether oxygens (including phenoxy) is 2. The van der Waals surface area contributed by atoms with Crippen molar-refractivity contribution in [3.63, 3.8) is 0 Å². The normalized spacial score (nSPS) is 20.9. The molecular formula is C32H30O2. The molecule has 0 N–H and O–H groups in total. The van der Waals surface area contributed by atoms with Gasteiger partial charge in [-0.15, -0.1) is 0 Å². The van der Waals surface area contributed by atoms with Crippen molar-refractivity contribution >= 4 is 0 Å². The summed E-state index contributed by atoms with van der Waals surface area (Å²) in [5.41, 5.74) is 4.57. The predicted octanol–water partition coefficient (Wildman–Crippen LogP) is 6.54. The fourth-order valence-corrected chi connectivity index (χ4v) is 6.14. The van der Waals surface area contributed by atoms with Gasteiger partial charge in [-0.3, -0.25) is 0 Å². The molecule has 0 spiro atoms. The third-order valence-corrected chi connectivity index (χ3v) is 7.62. The summed E-state index contributed by atoms with van der Waals surface area (Å²) >= 11 is 0. The van der Waals surface area contributed by atoms with E-state index in [4.69, 9.17) is 9.47 Å². The lowest BCUT2D eigenvalue weighted by molar-refractivity contribution is 0.203. The lowest BCUT2D eigenvalue weighted by Crippen LogP contribution is -2.52. The van der Waals surface area contributed by atoms with E-state index in [1.807, 2.05) is 0 Å². The Bertz CT molecular complexity index is 1090. The van der Waals surface area contributed by atoms with Crippen LogP contribution >= 0.6 is 0 Å². The fourth-order valence-electron chi connectivity index (χ4n) is 6.14. The molecule has 2 saturated heterocycles. The van der Waals surface area contributed by atoms with Gasteiger partial charge in [0.1, 0.15) is 0 Å². The van der Waals surface area contributed by atoms with Gasteiger partial charge >= 0.3 is 0 Å². The minimum Gasteiger partial charge on any atom is -0.373 e. The molecule has 0 aromatic heterocycles. The molecule has 0 amide bonds. The minimum atomic E-state index is -0.421. The molecule has 2 fully saturated rings. The lowest BCUT2D eigenvalue weighted by Gasteiger charge is -2.53. The zero-order valence-corrected chi connectivity index (χ0v) is 19.3. The van der Waals surface area contributed by atoms with Crippen molar-refractivity contribution < 1.29 is 9.47 Å². The van der Waals surface area contributed by atoms with Crippen LogP contribution < -0.4 is 0 Å². The summed E-state index contributed by atoms with van der Waals surface area (Å²) in [4.78, 5) is 0. The maximum absolute atomic E-state index is 5.95. The quantitative estimate of drug-likeness (QED) is 0.215. The molecule has 34 heavy (non-hydrogen) atoms. The maximum Gasteiger partial charge on any atom is 0.0819 e. The van der Waals surface area contributed by atoms with Gasteiger partial charge in [0, 0.05) is 5.41 Å².